The quantitative estimate of drug-likeness (QED) is 0.907. The molecule has 21 heavy (non-hydrogen) atoms. The highest BCUT2D eigenvalue weighted by atomic mass is 16.2. The Hall–Kier alpha value is -1.69. The van der Waals surface area contributed by atoms with Crippen molar-refractivity contribution in [2.75, 3.05) is 42.9 Å². The van der Waals surface area contributed by atoms with Gasteiger partial charge in [-0.2, -0.15) is 0 Å². The van der Waals surface area contributed by atoms with Crippen molar-refractivity contribution in [2.45, 2.75) is 26.2 Å². The SMILES string of the molecule is CCN1CCN(c2ccc(NC(=O)C3CCC3)nn2)CC1. The molecular weight excluding hydrogens is 266 g/mol. The first-order valence-corrected chi connectivity index (χ1v) is 7.88. The first-order chi connectivity index (χ1) is 10.3. The molecule has 0 atom stereocenters. The molecule has 2 heterocycles. The number of amides is 1. The second-order valence-electron chi connectivity index (χ2n) is 5.82. The van der Waals surface area contributed by atoms with E-state index < -0.39 is 0 Å². The number of rotatable bonds is 4. The smallest absolute Gasteiger partial charge is 0.228 e. The third-order valence-electron chi connectivity index (χ3n) is 4.52. The lowest BCUT2D eigenvalue weighted by atomic mass is 9.85. The Balaban J connectivity index is 1.55. The van der Waals surface area contributed by atoms with Gasteiger partial charge in [0.2, 0.25) is 5.91 Å². The van der Waals surface area contributed by atoms with Gasteiger partial charge in [0.05, 0.1) is 0 Å². The van der Waals surface area contributed by atoms with Crippen molar-refractivity contribution in [3.63, 3.8) is 0 Å². The molecule has 1 aromatic heterocycles. The van der Waals surface area contributed by atoms with E-state index >= 15 is 0 Å². The molecule has 1 saturated carbocycles. The molecule has 3 rings (SSSR count). The molecule has 0 unspecified atom stereocenters. The highest BCUT2D eigenvalue weighted by molar-refractivity contribution is 5.92. The van der Waals surface area contributed by atoms with Crippen LogP contribution in [0.1, 0.15) is 26.2 Å². The van der Waals surface area contributed by atoms with E-state index in [1.54, 1.807) is 0 Å². The van der Waals surface area contributed by atoms with Crippen LogP contribution in [0.5, 0.6) is 0 Å². The first-order valence-electron chi connectivity index (χ1n) is 7.88. The van der Waals surface area contributed by atoms with Crippen LogP contribution in [0.25, 0.3) is 0 Å². The summed E-state index contributed by atoms with van der Waals surface area (Å²) in [6.45, 7) is 7.39. The van der Waals surface area contributed by atoms with Crippen molar-refractivity contribution in [1.82, 2.24) is 15.1 Å². The summed E-state index contributed by atoms with van der Waals surface area (Å²) in [5.41, 5.74) is 0. The number of anilines is 2. The summed E-state index contributed by atoms with van der Waals surface area (Å²) in [6.07, 6.45) is 3.16. The standard InChI is InChI=1S/C15H23N5O/c1-2-19-8-10-20(11-9-19)14-7-6-13(17-18-14)16-15(21)12-4-3-5-12/h6-7,12H,2-5,8-11H2,1H3,(H,16,17,21). The van der Waals surface area contributed by atoms with Crippen LogP contribution in [0.2, 0.25) is 0 Å². The first kappa shape index (κ1) is 14.3. The summed E-state index contributed by atoms with van der Waals surface area (Å²) < 4.78 is 0. The van der Waals surface area contributed by atoms with Crippen LogP contribution in [-0.2, 0) is 4.79 Å². The number of carbonyl (C=O) groups is 1. The summed E-state index contributed by atoms with van der Waals surface area (Å²) in [4.78, 5) is 16.5. The van der Waals surface area contributed by atoms with E-state index in [0.29, 0.717) is 5.82 Å². The summed E-state index contributed by atoms with van der Waals surface area (Å²) in [5, 5.41) is 11.2. The number of aromatic nitrogens is 2. The predicted octanol–water partition coefficient (Wildman–Crippen LogP) is 1.36. The van der Waals surface area contributed by atoms with E-state index in [4.69, 9.17) is 0 Å². The Morgan fingerprint density at radius 2 is 2.00 bits per heavy atom. The molecule has 1 aliphatic heterocycles. The molecule has 2 fully saturated rings. The maximum absolute atomic E-state index is 11.9. The van der Waals surface area contributed by atoms with Crippen molar-refractivity contribution in [2.24, 2.45) is 5.92 Å². The lowest BCUT2D eigenvalue weighted by Gasteiger charge is -2.34. The number of nitrogens with zero attached hydrogens (tertiary/aromatic N) is 4. The van der Waals surface area contributed by atoms with Crippen LogP contribution < -0.4 is 10.2 Å². The molecule has 1 aliphatic carbocycles. The van der Waals surface area contributed by atoms with E-state index in [9.17, 15) is 4.79 Å². The molecule has 114 valence electrons. The molecular formula is C15H23N5O. The summed E-state index contributed by atoms with van der Waals surface area (Å²) in [6, 6.07) is 3.80. The molecule has 2 aliphatic rings. The summed E-state index contributed by atoms with van der Waals surface area (Å²) in [7, 11) is 0. The van der Waals surface area contributed by atoms with E-state index in [-0.39, 0.29) is 11.8 Å². The summed E-state index contributed by atoms with van der Waals surface area (Å²) in [5.74, 6) is 1.71. The van der Waals surface area contributed by atoms with Crippen LogP contribution in [0.3, 0.4) is 0 Å². The number of piperazine rings is 1. The zero-order chi connectivity index (χ0) is 14.7. The van der Waals surface area contributed by atoms with Crippen molar-refractivity contribution < 1.29 is 4.79 Å². The van der Waals surface area contributed by atoms with E-state index in [1.165, 1.54) is 0 Å². The molecule has 1 N–H and O–H groups in total. The van der Waals surface area contributed by atoms with Gasteiger partial charge in [-0.05, 0) is 31.5 Å². The van der Waals surface area contributed by atoms with Crippen molar-refractivity contribution in [1.29, 1.82) is 0 Å². The van der Waals surface area contributed by atoms with Crippen molar-refractivity contribution in [3.8, 4) is 0 Å². The Labute approximate surface area is 125 Å². The largest absolute Gasteiger partial charge is 0.353 e. The fourth-order valence-corrected chi connectivity index (χ4v) is 2.75. The zero-order valence-corrected chi connectivity index (χ0v) is 12.6. The Kier molecular flexibility index (Phi) is 4.34. The van der Waals surface area contributed by atoms with Crippen molar-refractivity contribution in [3.05, 3.63) is 12.1 Å². The van der Waals surface area contributed by atoms with Gasteiger partial charge >= 0.3 is 0 Å². The second-order valence-corrected chi connectivity index (χ2v) is 5.82. The topological polar surface area (TPSA) is 61.4 Å². The van der Waals surface area contributed by atoms with Gasteiger partial charge in [-0.15, -0.1) is 10.2 Å². The Morgan fingerprint density at radius 1 is 1.24 bits per heavy atom. The number of hydrogen-bond acceptors (Lipinski definition) is 5. The molecule has 1 aromatic rings. The maximum atomic E-state index is 11.9. The molecule has 6 heteroatoms. The minimum atomic E-state index is 0.0832. The Bertz CT molecular complexity index is 477. The van der Waals surface area contributed by atoms with Gasteiger partial charge in [0, 0.05) is 32.1 Å². The van der Waals surface area contributed by atoms with E-state index in [2.05, 4.69) is 32.2 Å². The van der Waals surface area contributed by atoms with Gasteiger partial charge in [-0.1, -0.05) is 13.3 Å². The minimum absolute atomic E-state index is 0.0832. The zero-order valence-electron chi connectivity index (χ0n) is 12.6. The van der Waals surface area contributed by atoms with Gasteiger partial charge in [-0.25, -0.2) is 0 Å². The molecule has 0 bridgehead atoms. The summed E-state index contributed by atoms with van der Waals surface area (Å²) >= 11 is 0. The van der Waals surface area contributed by atoms with Crippen LogP contribution in [0, 0.1) is 5.92 Å². The molecule has 0 aromatic carbocycles. The third-order valence-corrected chi connectivity index (χ3v) is 4.52. The highest BCUT2D eigenvalue weighted by Crippen LogP contribution is 2.27. The number of likely N-dealkylation sites (N-methyl/N-ethyl adjacent to an activating group) is 1. The normalized spacial score (nSPS) is 20.1. The number of nitrogens with one attached hydrogen (secondary N) is 1. The molecule has 0 spiro atoms. The minimum Gasteiger partial charge on any atom is -0.353 e. The van der Waals surface area contributed by atoms with Crippen molar-refractivity contribution >= 4 is 17.5 Å². The number of hydrogen-bond donors (Lipinski definition) is 1. The van der Waals surface area contributed by atoms with Crippen LogP contribution in [0.15, 0.2) is 12.1 Å². The average Bonchev–Trinajstić information content (AvgIpc) is 2.46. The van der Waals surface area contributed by atoms with E-state index in [0.717, 1.165) is 57.8 Å². The molecule has 0 radical (unpaired) electrons. The van der Waals surface area contributed by atoms with Gasteiger partial charge in [0.25, 0.3) is 0 Å². The fourth-order valence-electron chi connectivity index (χ4n) is 2.75. The van der Waals surface area contributed by atoms with E-state index in [1.807, 2.05) is 12.1 Å². The van der Waals surface area contributed by atoms with Gasteiger partial charge in [0.15, 0.2) is 11.6 Å². The van der Waals surface area contributed by atoms with Crippen LogP contribution in [0.4, 0.5) is 11.6 Å². The molecule has 6 nitrogen and oxygen atoms in total. The fraction of sp³-hybridized carbons (Fsp3) is 0.667. The number of carbonyl (C=O) groups excluding carboxylic acids is 1. The van der Waals surface area contributed by atoms with Gasteiger partial charge in [0.1, 0.15) is 0 Å². The lowest BCUT2D eigenvalue weighted by Crippen LogP contribution is -2.46. The van der Waals surface area contributed by atoms with Gasteiger partial charge < -0.3 is 15.1 Å². The third kappa shape index (κ3) is 3.32. The van der Waals surface area contributed by atoms with Gasteiger partial charge in [-0.3, -0.25) is 4.79 Å². The molecule has 1 amide bonds. The Morgan fingerprint density at radius 3 is 2.52 bits per heavy atom. The monoisotopic (exact) mass is 289 g/mol. The molecule has 1 saturated heterocycles. The van der Waals surface area contributed by atoms with Crippen LogP contribution >= 0.6 is 0 Å². The highest BCUT2D eigenvalue weighted by Gasteiger charge is 2.25. The average molecular weight is 289 g/mol. The van der Waals surface area contributed by atoms with Crippen LogP contribution in [-0.4, -0.2) is 53.7 Å². The predicted molar refractivity (Wildman–Crippen MR) is 82.3 cm³/mol. The second kappa shape index (κ2) is 6.39. The maximum Gasteiger partial charge on any atom is 0.228 e. The lowest BCUT2D eigenvalue weighted by molar-refractivity contribution is -0.122.